The summed E-state index contributed by atoms with van der Waals surface area (Å²) in [7, 11) is 0. The van der Waals surface area contributed by atoms with E-state index in [1.54, 1.807) is 0 Å². The van der Waals surface area contributed by atoms with Crippen molar-refractivity contribution in [1.29, 1.82) is 0 Å². The van der Waals surface area contributed by atoms with Crippen LogP contribution in [-0.2, 0) is 5.75 Å². The van der Waals surface area contributed by atoms with Crippen molar-refractivity contribution in [3.05, 3.63) is 64.6 Å². The smallest absolute Gasteiger partial charge is 0.274 e. The summed E-state index contributed by atoms with van der Waals surface area (Å²) in [4.78, 5) is 27.3. The third-order valence-corrected chi connectivity index (χ3v) is 4.23. The maximum Gasteiger partial charge on any atom is 0.274 e. The average Bonchev–Trinajstić information content (AvgIpc) is 3.16. The molecule has 7 nitrogen and oxygen atoms in total. The van der Waals surface area contributed by atoms with Crippen LogP contribution in [0.15, 0.2) is 52.5 Å². The topological polar surface area (TPSA) is 92.2 Å². The fraction of sp³-hybridized carbons (Fsp3) is 0.0667. The van der Waals surface area contributed by atoms with Crippen LogP contribution in [0.1, 0.15) is 5.69 Å². The number of rotatable bonds is 4. The zero-order chi connectivity index (χ0) is 16.5. The molecule has 120 valence electrons. The number of fused-ring (bicyclic) bond motifs is 1. The Kier molecular flexibility index (Phi) is 3.62. The van der Waals surface area contributed by atoms with E-state index in [4.69, 9.17) is 0 Å². The molecular formula is C15H11FN6OS. The standard InChI is InChI=1S/C15H11FN6OS/c16-12-5-6-17-15(20-12)24-8-9-7-13(23)22(21-9)14-18-10-3-1-2-4-11(10)19-14/h1-7,21H,8H2,(H,18,19). The molecular weight excluding hydrogens is 331 g/mol. The van der Waals surface area contributed by atoms with E-state index in [2.05, 4.69) is 25.0 Å². The monoisotopic (exact) mass is 342 g/mol. The van der Waals surface area contributed by atoms with Gasteiger partial charge in [-0.3, -0.25) is 9.89 Å². The van der Waals surface area contributed by atoms with Crippen molar-refractivity contribution >= 4 is 22.8 Å². The molecule has 0 atom stereocenters. The van der Waals surface area contributed by atoms with Crippen LogP contribution < -0.4 is 5.56 Å². The normalized spacial score (nSPS) is 11.2. The van der Waals surface area contributed by atoms with E-state index < -0.39 is 5.95 Å². The Bertz CT molecular complexity index is 1040. The number of aromatic amines is 2. The Balaban J connectivity index is 1.59. The SMILES string of the molecule is O=c1cc(CSc2nccc(F)n2)[nH]n1-c1nc2ccccc2[nH]1. The maximum atomic E-state index is 13.0. The molecule has 3 aromatic heterocycles. The first-order chi connectivity index (χ1) is 11.7. The second kappa shape index (κ2) is 5.93. The summed E-state index contributed by atoms with van der Waals surface area (Å²) >= 11 is 1.23. The van der Waals surface area contributed by atoms with E-state index in [0.29, 0.717) is 22.6 Å². The van der Waals surface area contributed by atoms with E-state index in [9.17, 15) is 9.18 Å². The highest BCUT2D eigenvalue weighted by atomic mass is 32.2. The van der Waals surface area contributed by atoms with Gasteiger partial charge in [-0.25, -0.2) is 9.97 Å². The number of H-pyrrole nitrogens is 2. The first-order valence-electron chi connectivity index (χ1n) is 7.06. The van der Waals surface area contributed by atoms with Gasteiger partial charge in [-0.2, -0.15) is 14.1 Å². The van der Waals surface area contributed by atoms with Crippen LogP contribution >= 0.6 is 11.8 Å². The van der Waals surface area contributed by atoms with Crippen LogP contribution in [0.2, 0.25) is 0 Å². The second-order valence-corrected chi connectivity index (χ2v) is 5.93. The molecule has 0 radical (unpaired) electrons. The molecule has 0 saturated heterocycles. The van der Waals surface area contributed by atoms with Crippen molar-refractivity contribution in [1.82, 2.24) is 29.7 Å². The van der Waals surface area contributed by atoms with Gasteiger partial charge in [-0.05, 0) is 12.1 Å². The van der Waals surface area contributed by atoms with Gasteiger partial charge in [0, 0.05) is 29.8 Å². The van der Waals surface area contributed by atoms with Crippen LogP contribution in [0.25, 0.3) is 17.0 Å². The molecule has 24 heavy (non-hydrogen) atoms. The molecule has 0 spiro atoms. The molecule has 4 aromatic rings. The number of benzene rings is 1. The van der Waals surface area contributed by atoms with Gasteiger partial charge in [-0.1, -0.05) is 23.9 Å². The minimum absolute atomic E-state index is 0.232. The third-order valence-electron chi connectivity index (χ3n) is 3.32. The minimum Gasteiger partial charge on any atom is -0.322 e. The Morgan fingerprint density at radius 3 is 2.92 bits per heavy atom. The van der Waals surface area contributed by atoms with E-state index >= 15 is 0 Å². The van der Waals surface area contributed by atoms with Crippen molar-refractivity contribution in [3.8, 4) is 5.95 Å². The molecule has 0 aliphatic rings. The van der Waals surface area contributed by atoms with Crippen LogP contribution in [-0.4, -0.2) is 29.7 Å². The molecule has 0 bridgehead atoms. The summed E-state index contributed by atoms with van der Waals surface area (Å²) in [6.45, 7) is 0. The lowest BCUT2D eigenvalue weighted by molar-refractivity contribution is 0.563. The molecule has 4 rings (SSSR count). The third kappa shape index (κ3) is 2.81. The average molecular weight is 342 g/mol. The summed E-state index contributed by atoms with van der Waals surface area (Å²) in [6, 6.07) is 10.2. The van der Waals surface area contributed by atoms with Crippen molar-refractivity contribution in [3.63, 3.8) is 0 Å². The van der Waals surface area contributed by atoms with Gasteiger partial charge in [0.15, 0.2) is 5.16 Å². The van der Waals surface area contributed by atoms with E-state index in [1.165, 1.54) is 34.8 Å². The number of nitrogens with one attached hydrogen (secondary N) is 2. The number of aromatic nitrogens is 6. The highest BCUT2D eigenvalue weighted by Crippen LogP contribution is 2.18. The van der Waals surface area contributed by atoms with Gasteiger partial charge in [-0.15, -0.1) is 0 Å². The lowest BCUT2D eigenvalue weighted by Crippen LogP contribution is -2.14. The molecule has 1 aromatic carbocycles. The van der Waals surface area contributed by atoms with Gasteiger partial charge < -0.3 is 4.98 Å². The number of halogens is 1. The maximum absolute atomic E-state index is 13.0. The molecule has 0 amide bonds. The zero-order valence-electron chi connectivity index (χ0n) is 12.2. The largest absolute Gasteiger partial charge is 0.322 e. The molecule has 0 aliphatic carbocycles. The van der Waals surface area contributed by atoms with Gasteiger partial charge in [0.05, 0.1) is 11.0 Å². The summed E-state index contributed by atoms with van der Waals surface area (Å²) in [5.41, 5.74) is 2.05. The predicted molar refractivity (Wildman–Crippen MR) is 87.6 cm³/mol. The Morgan fingerprint density at radius 1 is 1.21 bits per heavy atom. The van der Waals surface area contributed by atoms with Gasteiger partial charge in [0.2, 0.25) is 11.9 Å². The predicted octanol–water partition coefficient (Wildman–Crippen LogP) is 2.26. The van der Waals surface area contributed by atoms with Crippen LogP contribution in [0.3, 0.4) is 0 Å². The lowest BCUT2D eigenvalue weighted by atomic mass is 10.3. The quantitative estimate of drug-likeness (QED) is 0.337. The molecule has 0 unspecified atom stereocenters. The minimum atomic E-state index is -0.583. The number of hydrogen-bond donors (Lipinski definition) is 2. The van der Waals surface area contributed by atoms with Crippen molar-refractivity contribution < 1.29 is 4.39 Å². The van der Waals surface area contributed by atoms with Crippen molar-refractivity contribution in [2.24, 2.45) is 0 Å². The molecule has 2 N–H and O–H groups in total. The van der Waals surface area contributed by atoms with Gasteiger partial charge in [0.25, 0.3) is 5.56 Å². The number of thioether (sulfide) groups is 1. The van der Waals surface area contributed by atoms with Crippen LogP contribution in [0.5, 0.6) is 0 Å². The summed E-state index contributed by atoms with van der Waals surface area (Å²) in [5, 5.41) is 3.30. The Hall–Kier alpha value is -2.94. The highest BCUT2D eigenvalue weighted by Gasteiger charge is 2.10. The first kappa shape index (κ1) is 14.6. The summed E-state index contributed by atoms with van der Waals surface area (Å²) < 4.78 is 14.4. The Labute approximate surface area is 139 Å². The van der Waals surface area contributed by atoms with Gasteiger partial charge >= 0.3 is 0 Å². The summed E-state index contributed by atoms with van der Waals surface area (Å²) in [5.74, 6) is 0.242. The fourth-order valence-corrected chi connectivity index (χ4v) is 2.97. The number of para-hydroxylation sites is 2. The highest BCUT2D eigenvalue weighted by molar-refractivity contribution is 7.98. The number of nitrogens with zero attached hydrogens (tertiary/aromatic N) is 4. The van der Waals surface area contributed by atoms with E-state index in [-0.39, 0.29) is 5.56 Å². The fourth-order valence-electron chi connectivity index (χ4n) is 2.25. The zero-order valence-corrected chi connectivity index (χ0v) is 13.0. The molecule has 3 heterocycles. The summed E-state index contributed by atoms with van der Waals surface area (Å²) in [6.07, 6.45) is 1.35. The number of imidazole rings is 1. The van der Waals surface area contributed by atoms with Crippen LogP contribution in [0.4, 0.5) is 4.39 Å². The van der Waals surface area contributed by atoms with E-state index in [0.717, 1.165) is 11.0 Å². The Morgan fingerprint density at radius 2 is 2.08 bits per heavy atom. The van der Waals surface area contributed by atoms with Gasteiger partial charge in [0.1, 0.15) is 0 Å². The van der Waals surface area contributed by atoms with Crippen LogP contribution in [0, 0.1) is 5.95 Å². The molecule has 0 aliphatic heterocycles. The second-order valence-electron chi connectivity index (χ2n) is 4.98. The molecule has 0 fully saturated rings. The lowest BCUT2D eigenvalue weighted by Gasteiger charge is -1.98. The number of hydrogen-bond acceptors (Lipinski definition) is 5. The first-order valence-corrected chi connectivity index (χ1v) is 8.05. The van der Waals surface area contributed by atoms with E-state index in [1.807, 2.05) is 24.3 Å². The van der Waals surface area contributed by atoms with Crippen molar-refractivity contribution in [2.75, 3.05) is 0 Å². The molecule has 9 heteroatoms. The molecule has 0 saturated carbocycles. The van der Waals surface area contributed by atoms with Crippen molar-refractivity contribution in [2.45, 2.75) is 10.9 Å².